The average molecular weight is 309 g/mol. The van der Waals surface area contributed by atoms with Crippen LogP contribution in [-0.2, 0) is 11.3 Å². The number of nitrogens with zero attached hydrogens (tertiary/aromatic N) is 1. The van der Waals surface area contributed by atoms with Crippen LogP contribution in [0.4, 0.5) is 4.79 Å². The lowest BCUT2D eigenvalue weighted by molar-refractivity contribution is -0.0169. The second kappa shape index (κ2) is 6.14. The van der Waals surface area contributed by atoms with Crippen molar-refractivity contribution in [1.29, 1.82) is 0 Å². The number of amides is 1. The van der Waals surface area contributed by atoms with Gasteiger partial charge in [-0.2, -0.15) is 0 Å². The number of rotatable bonds is 3. The zero-order chi connectivity index (χ0) is 16.5. The predicted octanol–water partition coefficient (Wildman–Crippen LogP) is 2.75. The summed E-state index contributed by atoms with van der Waals surface area (Å²) in [5.74, 6) is 0.674. The molecule has 1 aliphatic heterocycles. The Kier molecular flexibility index (Phi) is 4.63. The minimum Gasteiger partial charge on any atom is -0.467 e. The second-order valence-electron chi connectivity index (χ2n) is 6.49. The van der Waals surface area contributed by atoms with Crippen molar-refractivity contribution in [3.05, 3.63) is 29.3 Å². The third kappa shape index (κ3) is 3.34. The molecule has 0 saturated carbocycles. The maximum absolute atomic E-state index is 11.5. The molecule has 1 aromatic carbocycles. The summed E-state index contributed by atoms with van der Waals surface area (Å²) in [6.45, 7) is 7.77. The van der Waals surface area contributed by atoms with Gasteiger partial charge in [0.15, 0.2) is 6.79 Å². The van der Waals surface area contributed by atoms with Crippen molar-refractivity contribution in [3.63, 3.8) is 0 Å². The summed E-state index contributed by atoms with van der Waals surface area (Å²) in [6, 6.07) is 4.78. The summed E-state index contributed by atoms with van der Waals surface area (Å²) in [5.41, 5.74) is 0.939. The smallest absolute Gasteiger partial charge is 0.408 e. The van der Waals surface area contributed by atoms with E-state index in [9.17, 15) is 15.0 Å². The van der Waals surface area contributed by atoms with Crippen LogP contribution in [0.5, 0.6) is 5.75 Å². The van der Waals surface area contributed by atoms with Crippen LogP contribution in [0.15, 0.2) is 18.2 Å². The van der Waals surface area contributed by atoms with E-state index in [1.165, 1.54) is 4.90 Å². The molecule has 2 rings (SSSR count). The predicted molar refractivity (Wildman–Crippen MR) is 80.8 cm³/mol. The van der Waals surface area contributed by atoms with E-state index >= 15 is 0 Å². The van der Waals surface area contributed by atoms with Crippen molar-refractivity contribution in [2.45, 2.75) is 52.0 Å². The number of fused-ring (bicyclic) bond motifs is 1. The molecular formula is C16H23NO5. The van der Waals surface area contributed by atoms with E-state index in [1.54, 1.807) is 39.8 Å². The highest BCUT2D eigenvalue weighted by atomic mass is 16.7. The second-order valence-corrected chi connectivity index (χ2v) is 6.49. The van der Waals surface area contributed by atoms with Gasteiger partial charge in [0.1, 0.15) is 5.75 Å². The summed E-state index contributed by atoms with van der Waals surface area (Å²) < 4.78 is 10.6. The van der Waals surface area contributed by atoms with Crippen LogP contribution < -0.4 is 4.74 Å². The first-order valence-corrected chi connectivity index (χ1v) is 7.25. The molecule has 6 nitrogen and oxygen atoms in total. The normalized spacial score (nSPS) is 17.1. The van der Waals surface area contributed by atoms with Crippen LogP contribution in [0.1, 0.15) is 44.9 Å². The van der Waals surface area contributed by atoms with Gasteiger partial charge in [-0.25, -0.2) is 4.79 Å². The molecule has 6 heteroatoms. The standard InChI is InChI=1S/C16H23NO5/c1-10(17(15(19)20)16(2,3)4)14(18)11-5-6-12-8-21-9-22-13(12)7-11/h5-7,10,14,18H,8-9H2,1-4H3,(H,19,20)/t10-,14-/m0/s1. The highest BCUT2D eigenvalue weighted by Crippen LogP contribution is 2.31. The van der Waals surface area contributed by atoms with Gasteiger partial charge in [-0.15, -0.1) is 0 Å². The van der Waals surface area contributed by atoms with E-state index in [-0.39, 0.29) is 6.79 Å². The van der Waals surface area contributed by atoms with E-state index in [0.29, 0.717) is 17.9 Å². The number of benzene rings is 1. The molecular weight excluding hydrogens is 286 g/mol. The molecule has 0 bridgehead atoms. The van der Waals surface area contributed by atoms with E-state index in [1.807, 2.05) is 6.07 Å². The third-order valence-electron chi connectivity index (χ3n) is 3.78. The zero-order valence-electron chi connectivity index (χ0n) is 13.4. The minimum atomic E-state index is -1.05. The number of hydrogen-bond acceptors (Lipinski definition) is 4. The van der Waals surface area contributed by atoms with Crippen molar-refractivity contribution in [2.24, 2.45) is 0 Å². The van der Waals surface area contributed by atoms with Gasteiger partial charge in [-0.3, -0.25) is 4.90 Å². The lowest BCUT2D eigenvalue weighted by atomic mass is 9.96. The Balaban J connectivity index is 2.26. The molecule has 2 atom stereocenters. The highest BCUT2D eigenvalue weighted by Gasteiger charge is 2.35. The van der Waals surface area contributed by atoms with E-state index in [0.717, 1.165) is 5.56 Å². The zero-order valence-corrected chi connectivity index (χ0v) is 13.4. The first-order chi connectivity index (χ1) is 10.2. The van der Waals surface area contributed by atoms with Crippen molar-refractivity contribution < 1.29 is 24.5 Å². The molecule has 122 valence electrons. The monoisotopic (exact) mass is 309 g/mol. The molecule has 0 unspecified atom stereocenters. The fourth-order valence-corrected chi connectivity index (χ4v) is 2.76. The Labute approximate surface area is 130 Å². The van der Waals surface area contributed by atoms with E-state index in [2.05, 4.69) is 0 Å². The summed E-state index contributed by atoms with van der Waals surface area (Å²) in [7, 11) is 0. The molecule has 1 aliphatic rings. The molecule has 1 aromatic rings. The lowest BCUT2D eigenvalue weighted by Gasteiger charge is -2.40. The molecule has 1 heterocycles. The SMILES string of the molecule is C[C@@H]([C@H](O)c1ccc2c(c1)OCOC2)N(C(=O)O)C(C)(C)C. The fourth-order valence-electron chi connectivity index (χ4n) is 2.76. The molecule has 0 aromatic heterocycles. The number of ether oxygens (including phenoxy) is 2. The van der Waals surface area contributed by atoms with Gasteiger partial charge in [-0.05, 0) is 39.3 Å². The topological polar surface area (TPSA) is 79.2 Å². The summed E-state index contributed by atoms with van der Waals surface area (Å²) in [5, 5.41) is 20.0. The van der Waals surface area contributed by atoms with Gasteiger partial charge in [0.05, 0.1) is 18.8 Å². The average Bonchev–Trinajstić information content (AvgIpc) is 2.44. The van der Waals surface area contributed by atoms with Gasteiger partial charge in [0.25, 0.3) is 0 Å². The van der Waals surface area contributed by atoms with Crippen LogP contribution in [0.25, 0.3) is 0 Å². The van der Waals surface area contributed by atoms with Crippen LogP contribution in [0, 0.1) is 0 Å². The molecule has 0 saturated heterocycles. The Morgan fingerprint density at radius 1 is 1.36 bits per heavy atom. The molecule has 0 aliphatic carbocycles. The lowest BCUT2D eigenvalue weighted by Crippen LogP contribution is -2.52. The van der Waals surface area contributed by atoms with Crippen molar-refractivity contribution in [3.8, 4) is 5.75 Å². The number of aliphatic hydroxyl groups is 1. The molecule has 0 spiro atoms. The van der Waals surface area contributed by atoms with Crippen LogP contribution in [0.2, 0.25) is 0 Å². The van der Waals surface area contributed by atoms with Crippen LogP contribution in [-0.4, -0.2) is 39.6 Å². The highest BCUT2D eigenvalue weighted by molar-refractivity contribution is 5.66. The summed E-state index contributed by atoms with van der Waals surface area (Å²) in [6.07, 6.45) is -1.99. The Morgan fingerprint density at radius 3 is 2.64 bits per heavy atom. The molecule has 0 radical (unpaired) electrons. The largest absolute Gasteiger partial charge is 0.467 e. The number of carboxylic acid groups (broad SMARTS) is 1. The maximum atomic E-state index is 11.5. The molecule has 0 fully saturated rings. The number of aliphatic hydroxyl groups excluding tert-OH is 1. The van der Waals surface area contributed by atoms with Crippen molar-refractivity contribution >= 4 is 6.09 Å². The summed E-state index contributed by atoms with van der Waals surface area (Å²) in [4.78, 5) is 12.8. The summed E-state index contributed by atoms with van der Waals surface area (Å²) >= 11 is 0. The first kappa shape index (κ1) is 16.6. The van der Waals surface area contributed by atoms with E-state index in [4.69, 9.17) is 9.47 Å². The molecule has 1 amide bonds. The van der Waals surface area contributed by atoms with Crippen molar-refractivity contribution in [2.75, 3.05) is 6.79 Å². The quantitative estimate of drug-likeness (QED) is 0.897. The minimum absolute atomic E-state index is 0.186. The van der Waals surface area contributed by atoms with Gasteiger partial charge >= 0.3 is 6.09 Å². The Hall–Kier alpha value is -1.79. The Morgan fingerprint density at radius 2 is 2.05 bits per heavy atom. The van der Waals surface area contributed by atoms with Crippen molar-refractivity contribution in [1.82, 2.24) is 4.90 Å². The van der Waals surface area contributed by atoms with Gasteiger partial charge in [0.2, 0.25) is 0 Å². The molecule has 22 heavy (non-hydrogen) atoms. The maximum Gasteiger partial charge on any atom is 0.408 e. The molecule has 2 N–H and O–H groups in total. The third-order valence-corrected chi connectivity index (χ3v) is 3.78. The number of carbonyl (C=O) groups is 1. The van der Waals surface area contributed by atoms with Crippen LogP contribution >= 0.6 is 0 Å². The van der Waals surface area contributed by atoms with E-state index < -0.39 is 23.8 Å². The van der Waals surface area contributed by atoms with Gasteiger partial charge in [0, 0.05) is 11.1 Å². The van der Waals surface area contributed by atoms with Gasteiger partial charge in [-0.1, -0.05) is 12.1 Å². The fraction of sp³-hybridized carbons (Fsp3) is 0.562. The van der Waals surface area contributed by atoms with Gasteiger partial charge < -0.3 is 19.7 Å². The Bertz CT molecular complexity index is 552. The van der Waals surface area contributed by atoms with Crippen LogP contribution in [0.3, 0.4) is 0 Å². The number of hydrogen-bond donors (Lipinski definition) is 2. The first-order valence-electron chi connectivity index (χ1n) is 7.25.